The quantitative estimate of drug-likeness (QED) is 0.613. The maximum atomic E-state index is 11.9. The Morgan fingerprint density at radius 2 is 1.89 bits per heavy atom. The molecule has 0 fully saturated rings. The Morgan fingerprint density at radius 1 is 1.17 bits per heavy atom. The number of carbonyl (C=O) groups is 1. The topological polar surface area (TPSA) is 26.3 Å². The molecule has 0 aliphatic carbocycles. The highest BCUT2D eigenvalue weighted by atomic mass is 32.1. The molecule has 92 valence electrons. The Labute approximate surface area is 111 Å². The van der Waals surface area contributed by atoms with Crippen molar-refractivity contribution < 1.29 is 9.53 Å². The molecule has 0 bridgehead atoms. The second-order valence-electron chi connectivity index (χ2n) is 3.88. The molecule has 0 N–H and O–H groups in total. The summed E-state index contributed by atoms with van der Waals surface area (Å²) in [6, 6.07) is 11.4. The van der Waals surface area contributed by atoms with Gasteiger partial charge < -0.3 is 4.74 Å². The first-order valence-electron chi connectivity index (χ1n) is 5.62. The number of hydrogen-bond donors (Lipinski definition) is 0. The van der Waals surface area contributed by atoms with E-state index in [9.17, 15) is 4.79 Å². The second-order valence-corrected chi connectivity index (χ2v) is 5.17. The number of allylic oxidation sites excluding steroid dienone is 1. The highest BCUT2D eigenvalue weighted by Gasteiger charge is 2.03. The number of rotatable bonds is 4. The van der Waals surface area contributed by atoms with E-state index in [2.05, 4.69) is 0 Å². The van der Waals surface area contributed by atoms with Gasteiger partial charge in [0.15, 0.2) is 5.78 Å². The molecule has 0 aliphatic rings. The van der Waals surface area contributed by atoms with Gasteiger partial charge >= 0.3 is 0 Å². The van der Waals surface area contributed by atoms with Gasteiger partial charge in [-0.15, -0.1) is 11.3 Å². The highest BCUT2D eigenvalue weighted by molar-refractivity contribution is 7.14. The fraction of sp³-hybridized carbons (Fsp3) is 0.133. The van der Waals surface area contributed by atoms with Gasteiger partial charge in [0.05, 0.1) is 12.0 Å². The monoisotopic (exact) mass is 258 g/mol. The average molecular weight is 258 g/mol. The van der Waals surface area contributed by atoms with Crippen LogP contribution in [0.2, 0.25) is 0 Å². The molecule has 1 aromatic carbocycles. The Morgan fingerprint density at radius 3 is 2.44 bits per heavy atom. The van der Waals surface area contributed by atoms with Crippen molar-refractivity contribution in [1.82, 2.24) is 0 Å². The molecule has 0 amide bonds. The van der Waals surface area contributed by atoms with Crippen LogP contribution < -0.4 is 4.74 Å². The number of hydrogen-bond acceptors (Lipinski definition) is 3. The number of aryl methyl sites for hydroxylation is 1. The maximum Gasteiger partial charge on any atom is 0.195 e. The molecule has 0 radical (unpaired) electrons. The molecule has 3 heteroatoms. The van der Waals surface area contributed by atoms with E-state index in [0.29, 0.717) is 0 Å². The van der Waals surface area contributed by atoms with Crippen molar-refractivity contribution in [2.75, 3.05) is 7.11 Å². The van der Waals surface area contributed by atoms with Crippen LogP contribution in [0.25, 0.3) is 6.08 Å². The zero-order valence-corrected chi connectivity index (χ0v) is 11.2. The smallest absolute Gasteiger partial charge is 0.195 e. The van der Waals surface area contributed by atoms with Crippen LogP contribution in [0.4, 0.5) is 0 Å². The molecule has 2 nitrogen and oxygen atoms in total. The third-order valence-corrected chi connectivity index (χ3v) is 3.54. The molecule has 0 saturated heterocycles. The molecule has 0 unspecified atom stereocenters. The van der Waals surface area contributed by atoms with Crippen LogP contribution >= 0.6 is 11.3 Å². The van der Waals surface area contributed by atoms with E-state index in [1.165, 1.54) is 11.3 Å². The van der Waals surface area contributed by atoms with E-state index in [-0.39, 0.29) is 5.78 Å². The predicted octanol–water partition coefficient (Wildman–Crippen LogP) is 3.96. The molecule has 0 spiro atoms. The van der Waals surface area contributed by atoms with Crippen LogP contribution in [0, 0.1) is 6.92 Å². The number of carbonyl (C=O) groups excluding carboxylic acids is 1. The molecule has 0 aliphatic heterocycles. The van der Waals surface area contributed by atoms with E-state index in [1.807, 2.05) is 49.4 Å². The summed E-state index contributed by atoms with van der Waals surface area (Å²) in [6.45, 7) is 1.99. The van der Waals surface area contributed by atoms with Crippen molar-refractivity contribution >= 4 is 23.2 Å². The van der Waals surface area contributed by atoms with Crippen molar-refractivity contribution in [3.8, 4) is 5.75 Å². The van der Waals surface area contributed by atoms with Gasteiger partial charge in [-0.1, -0.05) is 18.2 Å². The molecule has 2 aromatic rings. The fourth-order valence-corrected chi connectivity index (χ4v) is 2.32. The minimum atomic E-state index is 0.0453. The van der Waals surface area contributed by atoms with Gasteiger partial charge in [0, 0.05) is 4.88 Å². The minimum Gasteiger partial charge on any atom is -0.497 e. The first kappa shape index (κ1) is 12.6. The normalized spacial score (nSPS) is 10.8. The van der Waals surface area contributed by atoms with E-state index < -0.39 is 0 Å². The summed E-state index contributed by atoms with van der Waals surface area (Å²) in [7, 11) is 1.63. The number of methoxy groups -OCH3 is 1. The number of thiophene rings is 1. The SMILES string of the molecule is COc1ccc(/C=C/C(=O)c2ccc(C)s2)cc1. The van der Waals surface area contributed by atoms with Crippen LogP contribution in [0.3, 0.4) is 0 Å². The summed E-state index contributed by atoms with van der Waals surface area (Å²) in [5.74, 6) is 0.858. The van der Waals surface area contributed by atoms with Crippen molar-refractivity contribution in [3.63, 3.8) is 0 Å². The van der Waals surface area contributed by atoms with Crippen molar-refractivity contribution in [2.24, 2.45) is 0 Å². The maximum absolute atomic E-state index is 11.9. The van der Waals surface area contributed by atoms with Crippen LogP contribution in [0.15, 0.2) is 42.5 Å². The zero-order valence-electron chi connectivity index (χ0n) is 10.3. The third kappa shape index (κ3) is 3.08. The molecule has 0 atom stereocenters. The number of benzene rings is 1. The summed E-state index contributed by atoms with van der Waals surface area (Å²) in [4.78, 5) is 13.8. The Bertz CT molecular complexity index is 564. The molecule has 1 heterocycles. The number of ether oxygens (including phenoxy) is 1. The van der Waals surface area contributed by atoms with Gasteiger partial charge in [-0.3, -0.25) is 4.79 Å². The van der Waals surface area contributed by atoms with Crippen LogP contribution in [-0.4, -0.2) is 12.9 Å². The summed E-state index contributed by atoms with van der Waals surface area (Å²) in [5, 5.41) is 0. The van der Waals surface area contributed by atoms with Crippen molar-refractivity contribution in [2.45, 2.75) is 6.92 Å². The summed E-state index contributed by atoms with van der Waals surface area (Å²) >= 11 is 1.52. The standard InChI is InChI=1S/C15H14O2S/c1-11-3-10-15(18-11)14(16)9-6-12-4-7-13(17-2)8-5-12/h3-10H,1-2H3/b9-6+. The van der Waals surface area contributed by atoms with E-state index >= 15 is 0 Å². The summed E-state index contributed by atoms with van der Waals surface area (Å²) in [6.07, 6.45) is 3.42. The molecular weight excluding hydrogens is 244 g/mol. The van der Waals surface area contributed by atoms with E-state index in [4.69, 9.17) is 4.74 Å². The van der Waals surface area contributed by atoms with Gasteiger partial charge in [0.25, 0.3) is 0 Å². The number of ketones is 1. The van der Waals surface area contributed by atoms with Crippen molar-refractivity contribution in [1.29, 1.82) is 0 Å². The van der Waals surface area contributed by atoms with Crippen LogP contribution in [0.5, 0.6) is 5.75 Å². The lowest BCUT2D eigenvalue weighted by atomic mass is 10.2. The Balaban J connectivity index is 2.08. The zero-order chi connectivity index (χ0) is 13.0. The van der Waals surface area contributed by atoms with E-state index in [0.717, 1.165) is 21.1 Å². The van der Waals surface area contributed by atoms with Gasteiger partial charge in [-0.2, -0.15) is 0 Å². The molecular formula is C15H14O2S. The molecule has 0 saturated carbocycles. The molecule has 1 aromatic heterocycles. The first-order chi connectivity index (χ1) is 8.69. The van der Waals surface area contributed by atoms with Gasteiger partial charge in [-0.05, 0) is 42.8 Å². The Kier molecular flexibility index (Phi) is 3.95. The van der Waals surface area contributed by atoms with Crippen LogP contribution in [-0.2, 0) is 0 Å². The lowest BCUT2D eigenvalue weighted by Gasteiger charge is -1.98. The van der Waals surface area contributed by atoms with Gasteiger partial charge in [0.2, 0.25) is 0 Å². The van der Waals surface area contributed by atoms with Gasteiger partial charge in [-0.25, -0.2) is 0 Å². The van der Waals surface area contributed by atoms with Gasteiger partial charge in [0.1, 0.15) is 5.75 Å². The summed E-state index contributed by atoms with van der Waals surface area (Å²) in [5.41, 5.74) is 0.984. The largest absolute Gasteiger partial charge is 0.497 e. The lowest BCUT2D eigenvalue weighted by molar-refractivity contribution is 0.105. The predicted molar refractivity (Wildman–Crippen MR) is 75.4 cm³/mol. The van der Waals surface area contributed by atoms with Crippen LogP contribution in [0.1, 0.15) is 20.1 Å². The fourth-order valence-electron chi connectivity index (χ4n) is 1.54. The van der Waals surface area contributed by atoms with Crippen molar-refractivity contribution in [3.05, 3.63) is 57.8 Å². The molecule has 18 heavy (non-hydrogen) atoms. The third-order valence-electron chi connectivity index (χ3n) is 2.53. The second kappa shape index (κ2) is 5.65. The highest BCUT2D eigenvalue weighted by Crippen LogP contribution is 2.17. The van der Waals surface area contributed by atoms with E-state index in [1.54, 1.807) is 13.2 Å². The summed E-state index contributed by atoms with van der Waals surface area (Å²) < 4.78 is 5.08. The average Bonchev–Trinajstić information content (AvgIpc) is 2.83. The first-order valence-corrected chi connectivity index (χ1v) is 6.43. The lowest BCUT2D eigenvalue weighted by Crippen LogP contribution is -1.88. The molecule has 2 rings (SSSR count). The Hall–Kier alpha value is -1.87. The minimum absolute atomic E-state index is 0.0453.